The Balaban J connectivity index is 2.38. The molecule has 0 saturated carbocycles. The first kappa shape index (κ1) is 14.6. The Bertz CT molecular complexity index is 688. The molecule has 0 aliphatic heterocycles. The Hall–Kier alpha value is -2.76. The predicted molar refractivity (Wildman–Crippen MR) is 74.7 cm³/mol. The number of aromatic nitrogens is 1. The number of hydrogen-bond acceptors (Lipinski definition) is 4. The van der Waals surface area contributed by atoms with E-state index in [4.69, 9.17) is 0 Å². The minimum absolute atomic E-state index is 0.0946. The van der Waals surface area contributed by atoms with E-state index in [1.165, 1.54) is 25.3 Å². The zero-order valence-electron chi connectivity index (χ0n) is 11.5. The number of para-hydroxylation sites is 1. The average molecular weight is 288 g/mol. The summed E-state index contributed by atoms with van der Waals surface area (Å²) < 4.78 is 17.8. The molecule has 1 amide bonds. The molecular weight excluding hydrogens is 275 g/mol. The number of amides is 1. The van der Waals surface area contributed by atoms with E-state index in [9.17, 15) is 14.0 Å². The highest BCUT2D eigenvalue weighted by molar-refractivity contribution is 6.09. The van der Waals surface area contributed by atoms with Gasteiger partial charge < -0.3 is 9.64 Å². The molecule has 2 aromatic rings. The molecule has 0 atom stereocenters. The van der Waals surface area contributed by atoms with Crippen molar-refractivity contribution >= 4 is 17.6 Å². The highest BCUT2D eigenvalue weighted by atomic mass is 19.1. The number of methoxy groups -OCH3 is 1. The third-order valence-corrected chi connectivity index (χ3v) is 2.93. The topological polar surface area (TPSA) is 59.5 Å². The summed E-state index contributed by atoms with van der Waals surface area (Å²) in [7, 11) is 2.76. The summed E-state index contributed by atoms with van der Waals surface area (Å²) >= 11 is 0. The molecule has 1 aromatic heterocycles. The van der Waals surface area contributed by atoms with Crippen molar-refractivity contribution in [2.75, 3.05) is 19.1 Å². The number of halogens is 1. The normalized spacial score (nSPS) is 10.0. The van der Waals surface area contributed by atoms with Crippen LogP contribution >= 0.6 is 0 Å². The quantitative estimate of drug-likeness (QED) is 0.813. The summed E-state index contributed by atoms with van der Waals surface area (Å²) in [5.74, 6) is -1.63. The van der Waals surface area contributed by atoms with Gasteiger partial charge in [0.15, 0.2) is 0 Å². The molecule has 6 heteroatoms. The van der Waals surface area contributed by atoms with Crippen LogP contribution in [0.5, 0.6) is 0 Å². The maximum absolute atomic E-state index is 13.1. The Kier molecular flexibility index (Phi) is 4.27. The fourth-order valence-corrected chi connectivity index (χ4v) is 1.88. The first-order valence-electron chi connectivity index (χ1n) is 6.10. The van der Waals surface area contributed by atoms with Gasteiger partial charge in [-0.05, 0) is 18.2 Å². The van der Waals surface area contributed by atoms with Gasteiger partial charge >= 0.3 is 5.97 Å². The Morgan fingerprint density at radius 1 is 1.24 bits per heavy atom. The van der Waals surface area contributed by atoms with E-state index in [1.807, 2.05) is 0 Å². The summed E-state index contributed by atoms with van der Waals surface area (Å²) in [5.41, 5.74) is 0.719. The molecule has 108 valence electrons. The fourth-order valence-electron chi connectivity index (χ4n) is 1.88. The molecule has 0 aliphatic carbocycles. The van der Waals surface area contributed by atoms with Crippen molar-refractivity contribution in [3.63, 3.8) is 0 Å². The summed E-state index contributed by atoms with van der Waals surface area (Å²) in [5, 5.41) is 0. The van der Waals surface area contributed by atoms with Gasteiger partial charge in [0, 0.05) is 13.2 Å². The van der Waals surface area contributed by atoms with Gasteiger partial charge in [0.1, 0.15) is 5.82 Å². The van der Waals surface area contributed by atoms with Crippen LogP contribution in [0.15, 0.2) is 42.7 Å². The van der Waals surface area contributed by atoms with Crippen LogP contribution < -0.4 is 4.90 Å². The molecule has 0 radical (unpaired) electrons. The van der Waals surface area contributed by atoms with Crippen molar-refractivity contribution in [2.45, 2.75) is 0 Å². The van der Waals surface area contributed by atoms with Gasteiger partial charge in [0.25, 0.3) is 5.91 Å². The zero-order valence-corrected chi connectivity index (χ0v) is 11.5. The lowest BCUT2D eigenvalue weighted by atomic mass is 10.1. The van der Waals surface area contributed by atoms with Gasteiger partial charge in [-0.25, -0.2) is 9.18 Å². The highest BCUT2D eigenvalue weighted by Gasteiger charge is 2.20. The number of ether oxygens (including phenoxy) is 1. The highest BCUT2D eigenvalue weighted by Crippen LogP contribution is 2.21. The van der Waals surface area contributed by atoms with Gasteiger partial charge in [-0.1, -0.05) is 12.1 Å². The predicted octanol–water partition coefficient (Wildman–Crippen LogP) is 2.28. The second kappa shape index (κ2) is 6.13. The molecule has 2 rings (SSSR count). The smallest absolute Gasteiger partial charge is 0.339 e. The second-order valence-corrected chi connectivity index (χ2v) is 4.26. The van der Waals surface area contributed by atoms with E-state index >= 15 is 0 Å². The summed E-state index contributed by atoms with van der Waals surface area (Å²) in [4.78, 5) is 28.9. The first-order valence-corrected chi connectivity index (χ1v) is 6.10. The zero-order chi connectivity index (χ0) is 15.4. The Morgan fingerprint density at radius 2 is 1.95 bits per heavy atom. The number of hydrogen-bond donors (Lipinski definition) is 0. The lowest BCUT2D eigenvalue weighted by molar-refractivity contribution is 0.0601. The van der Waals surface area contributed by atoms with Crippen LogP contribution in [0, 0.1) is 5.82 Å². The second-order valence-electron chi connectivity index (χ2n) is 4.26. The van der Waals surface area contributed by atoms with Crippen LogP contribution in [0.4, 0.5) is 10.1 Å². The molecule has 5 nitrogen and oxygen atoms in total. The summed E-state index contributed by atoms with van der Waals surface area (Å²) in [6, 6.07) is 7.60. The summed E-state index contributed by atoms with van der Waals surface area (Å²) in [6.07, 6.45) is 2.28. The maximum atomic E-state index is 13.1. The minimum Gasteiger partial charge on any atom is -0.465 e. The lowest BCUT2D eigenvalue weighted by Crippen LogP contribution is -2.28. The van der Waals surface area contributed by atoms with E-state index < -0.39 is 17.7 Å². The minimum atomic E-state index is -0.601. The maximum Gasteiger partial charge on any atom is 0.339 e. The number of anilines is 1. The van der Waals surface area contributed by atoms with Crippen LogP contribution in [0.25, 0.3) is 0 Å². The number of carbonyl (C=O) groups excluding carboxylic acids is 2. The van der Waals surface area contributed by atoms with Crippen LogP contribution in [-0.2, 0) is 4.74 Å². The number of pyridine rings is 1. The summed E-state index contributed by atoms with van der Waals surface area (Å²) in [6.45, 7) is 0. The Labute approximate surface area is 121 Å². The number of esters is 1. The van der Waals surface area contributed by atoms with Crippen molar-refractivity contribution in [3.05, 3.63) is 59.7 Å². The van der Waals surface area contributed by atoms with Crippen molar-refractivity contribution in [3.8, 4) is 0 Å². The SMILES string of the molecule is COC(=O)c1ccccc1N(C)C(=O)c1cncc(F)c1. The monoisotopic (exact) mass is 288 g/mol. The van der Waals surface area contributed by atoms with Crippen LogP contribution in [0.1, 0.15) is 20.7 Å². The fraction of sp³-hybridized carbons (Fsp3) is 0.133. The number of rotatable bonds is 3. The van der Waals surface area contributed by atoms with Crippen molar-refractivity contribution in [2.24, 2.45) is 0 Å². The lowest BCUT2D eigenvalue weighted by Gasteiger charge is -2.19. The molecule has 0 bridgehead atoms. The van der Waals surface area contributed by atoms with Gasteiger partial charge in [-0.15, -0.1) is 0 Å². The third-order valence-electron chi connectivity index (χ3n) is 2.93. The van der Waals surface area contributed by atoms with Crippen molar-refractivity contribution in [1.29, 1.82) is 0 Å². The van der Waals surface area contributed by atoms with Crippen molar-refractivity contribution in [1.82, 2.24) is 4.98 Å². The largest absolute Gasteiger partial charge is 0.465 e. The molecule has 0 aliphatic rings. The molecule has 1 heterocycles. The van der Waals surface area contributed by atoms with E-state index in [0.29, 0.717) is 5.69 Å². The van der Waals surface area contributed by atoms with Crippen molar-refractivity contribution < 1.29 is 18.7 Å². The van der Waals surface area contributed by atoms with Gasteiger partial charge in [0.2, 0.25) is 0 Å². The number of nitrogens with zero attached hydrogens (tertiary/aromatic N) is 2. The van der Waals surface area contributed by atoms with Crippen LogP contribution in [0.3, 0.4) is 0 Å². The van der Waals surface area contributed by atoms with E-state index in [0.717, 1.165) is 12.3 Å². The first-order chi connectivity index (χ1) is 10.0. The number of carbonyl (C=O) groups is 2. The van der Waals surface area contributed by atoms with Crippen LogP contribution in [0.2, 0.25) is 0 Å². The van der Waals surface area contributed by atoms with E-state index in [-0.39, 0.29) is 11.1 Å². The van der Waals surface area contributed by atoms with Gasteiger partial charge in [-0.2, -0.15) is 0 Å². The van der Waals surface area contributed by atoms with Gasteiger partial charge in [-0.3, -0.25) is 9.78 Å². The molecule has 0 saturated heterocycles. The van der Waals surface area contributed by atoms with E-state index in [1.54, 1.807) is 24.3 Å². The average Bonchev–Trinajstić information content (AvgIpc) is 2.52. The Morgan fingerprint density at radius 3 is 2.62 bits per heavy atom. The van der Waals surface area contributed by atoms with E-state index in [2.05, 4.69) is 9.72 Å². The molecule has 21 heavy (non-hydrogen) atoms. The molecular formula is C15H13FN2O3. The molecule has 0 fully saturated rings. The third kappa shape index (κ3) is 3.05. The molecule has 0 spiro atoms. The standard InChI is InChI=1S/C15H13FN2O3/c1-18(14(19)10-7-11(16)9-17-8-10)13-6-4-3-5-12(13)15(20)21-2/h3-9H,1-2H3. The van der Waals surface area contributed by atoms with Crippen LogP contribution in [-0.4, -0.2) is 31.0 Å². The number of benzene rings is 1. The molecule has 0 N–H and O–H groups in total. The molecule has 0 unspecified atom stereocenters. The molecule has 1 aromatic carbocycles. The van der Waals surface area contributed by atoms with Gasteiger partial charge in [0.05, 0.1) is 30.1 Å².